The molecule has 4 rings (SSSR count). The van der Waals surface area contributed by atoms with Gasteiger partial charge in [-0.2, -0.15) is 0 Å². The first-order valence-corrected chi connectivity index (χ1v) is 12.5. The predicted octanol–water partition coefficient (Wildman–Crippen LogP) is 5.80. The molecule has 27 heavy (non-hydrogen) atoms. The van der Waals surface area contributed by atoms with Crippen LogP contribution in [0.25, 0.3) is 0 Å². The molecule has 2 aromatic carbocycles. The van der Waals surface area contributed by atoms with Crippen LogP contribution in [0.4, 0.5) is 0 Å². The van der Waals surface area contributed by atoms with E-state index in [1.54, 1.807) is 0 Å². The van der Waals surface area contributed by atoms with Crippen molar-refractivity contribution in [3.8, 4) is 0 Å². The molecule has 0 radical (unpaired) electrons. The zero-order valence-electron chi connectivity index (χ0n) is 16.7. The molecule has 0 aromatic heterocycles. The van der Waals surface area contributed by atoms with Crippen LogP contribution in [0.5, 0.6) is 0 Å². The zero-order chi connectivity index (χ0) is 19.3. The summed E-state index contributed by atoms with van der Waals surface area (Å²) in [4.78, 5) is 0. The molecule has 2 atom stereocenters. The van der Waals surface area contributed by atoms with E-state index in [9.17, 15) is 0 Å². The number of benzene rings is 2. The molecule has 0 spiro atoms. The smallest absolute Gasteiger partial charge is 0.264 e. The molecule has 2 aliphatic heterocycles. The van der Waals surface area contributed by atoms with E-state index in [1.165, 1.54) is 0 Å². The second-order valence-corrected chi connectivity index (χ2v) is 13.7. The van der Waals surface area contributed by atoms with Gasteiger partial charge in [0.05, 0.1) is 5.92 Å². The van der Waals surface area contributed by atoms with E-state index < -0.39 is 13.9 Å². The molecule has 0 aliphatic carbocycles. The van der Waals surface area contributed by atoms with Crippen LogP contribution in [0, 0.1) is 5.92 Å². The van der Waals surface area contributed by atoms with Crippen LogP contribution < -0.4 is 0 Å². The molecule has 0 saturated carbocycles. The van der Waals surface area contributed by atoms with Gasteiger partial charge in [0.1, 0.15) is 5.60 Å². The van der Waals surface area contributed by atoms with E-state index in [4.69, 9.17) is 13.9 Å². The molecule has 2 aliphatic rings. The molecular formula is C23H28O3Si. The topological polar surface area (TPSA) is 27.7 Å². The summed E-state index contributed by atoms with van der Waals surface area (Å²) in [5.41, 5.74) is 1.77. The van der Waals surface area contributed by atoms with Gasteiger partial charge in [-0.05, 0) is 29.3 Å². The van der Waals surface area contributed by atoms with Crippen molar-refractivity contribution in [3.05, 3.63) is 83.8 Å². The molecule has 142 valence electrons. The van der Waals surface area contributed by atoms with Crippen LogP contribution in [0.2, 0.25) is 18.1 Å². The largest absolute Gasteiger partial charge is 0.519 e. The SMILES string of the molecule is CC(C)(C)[Si](C)(C)OC1=C[C@H]2[C@@H](O1)OC2(c1ccccc1)c1ccccc1. The van der Waals surface area contributed by atoms with Crippen molar-refractivity contribution in [2.75, 3.05) is 0 Å². The highest BCUT2D eigenvalue weighted by molar-refractivity contribution is 6.74. The summed E-state index contributed by atoms with van der Waals surface area (Å²) in [5, 5.41) is 0.121. The number of ether oxygens (including phenoxy) is 2. The average Bonchev–Trinajstić information content (AvgIpc) is 2.93. The van der Waals surface area contributed by atoms with Crippen LogP contribution in [-0.4, -0.2) is 14.6 Å². The molecule has 0 unspecified atom stereocenters. The third kappa shape index (κ3) is 2.91. The minimum absolute atomic E-state index is 0.0991. The van der Waals surface area contributed by atoms with Gasteiger partial charge in [0, 0.05) is 6.08 Å². The first-order valence-electron chi connectivity index (χ1n) is 9.60. The van der Waals surface area contributed by atoms with Crippen LogP contribution in [0.15, 0.2) is 72.7 Å². The second-order valence-electron chi connectivity index (χ2n) is 8.95. The number of hydrogen-bond donors (Lipinski definition) is 0. The minimum Gasteiger partial charge on any atom is -0.519 e. The van der Waals surface area contributed by atoms with Crippen LogP contribution in [0.3, 0.4) is 0 Å². The normalized spacial score (nSPS) is 23.7. The third-order valence-corrected chi connectivity index (χ3v) is 10.5. The average molecular weight is 381 g/mol. The predicted molar refractivity (Wildman–Crippen MR) is 109 cm³/mol. The lowest BCUT2D eigenvalue weighted by Crippen LogP contribution is -2.56. The molecule has 4 heteroatoms. The highest BCUT2D eigenvalue weighted by atomic mass is 28.4. The molecule has 0 bridgehead atoms. The highest BCUT2D eigenvalue weighted by Crippen LogP contribution is 2.56. The van der Waals surface area contributed by atoms with Gasteiger partial charge >= 0.3 is 0 Å². The molecule has 2 aromatic rings. The van der Waals surface area contributed by atoms with Gasteiger partial charge in [-0.15, -0.1) is 0 Å². The van der Waals surface area contributed by atoms with E-state index >= 15 is 0 Å². The third-order valence-electron chi connectivity index (χ3n) is 6.18. The molecule has 0 N–H and O–H groups in total. The first-order chi connectivity index (χ1) is 12.7. The van der Waals surface area contributed by atoms with Gasteiger partial charge < -0.3 is 13.9 Å². The van der Waals surface area contributed by atoms with Crippen molar-refractivity contribution in [3.63, 3.8) is 0 Å². The summed E-state index contributed by atoms with van der Waals surface area (Å²) >= 11 is 0. The Morgan fingerprint density at radius 1 is 0.889 bits per heavy atom. The Labute approximate surface area is 163 Å². The lowest BCUT2D eigenvalue weighted by atomic mass is 9.71. The van der Waals surface area contributed by atoms with Gasteiger partial charge in [-0.3, -0.25) is 0 Å². The van der Waals surface area contributed by atoms with Gasteiger partial charge in [0.25, 0.3) is 14.3 Å². The van der Waals surface area contributed by atoms with Crippen LogP contribution in [-0.2, 0) is 19.5 Å². The Bertz CT molecular complexity index is 797. The standard InChI is InChI=1S/C23H28O3Si/c1-22(2,3)27(4,5)26-20-16-19-21(24-20)25-23(19,17-12-8-6-9-13-17)18-14-10-7-11-15-18/h6-16,19,21H,1-5H3/t19-,21-/m0/s1. The van der Waals surface area contributed by atoms with Gasteiger partial charge in [-0.25, -0.2) is 0 Å². The summed E-state index contributed by atoms with van der Waals surface area (Å²) in [6.45, 7) is 11.2. The Kier molecular flexibility index (Phi) is 4.24. The van der Waals surface area contributed by atoms with Crippen LogP contribution >= 0.6 is 0 Å². The van der Waals surface area contributed by atoms with Gasteiger partial charge in [0.15, 0.2) is 0 Å². The number of rotatable bonds is 4. The van der Waals surface area contributed by atoms with E-state index in [2.05, 4.69) is 88.5 Å². The Balaban J connectivity index is 1.70. The van der Waals surface area contributed by atoms with Crippen molar-refractivity contribution in [1.29, 1.82) is 0 Å². The highest BCUT2D eigenvalue weighted by Gasteiger charge is 2.61. The van der Waals surface area contributed by atoms with E-state index in [0.717, 1.165) is 11.1 Å². The van der Waals surface area contributed by atoms with Crippen molar-refractivity contribution in [2.24, 2.45) is 5.92 Å². The van der Waals surface area contributed by atoms with Crippen molar-refractivity contribution in [2.45, 2.75) is 50.8 Å². The van der Waals surface area contributed by atoms with Crippen molar-refractivity contribution < 1.29 is 13.9 Å². The summed E-state index contributed by atoms with van der Waals surface area (Å²) in [6, 6.07) is 20.8. The molecule has 2 heterocycles. The monoisotopic (exact) mass is 380 g/mol. The summed E-state index contributed by atoms with van der Waals surface area (Å²) in [5.74, 6) is 0.729. The second kappa shape index (κ2) is 6.25. The quantitative estimate of drug-likeness (QED) is 0.628. The van der Waals surface area contributed by atoms with Crippen LogP contribution in [0.1, 0.15) is 31.9 Å². The lowest BCUT2D eigenvalue weighted by Gasteiger charge is -2.50. The summed E-state index contributed by atoms with van der Waals surface area (Å²) in [6.07, 6.45) is 1.85. The van der Waals surface area contributed by atoms with Crippen molar-refractivity contribution >= 4 is 8.32 Å². The molecular weight excluding hydrogens is 352 g/mol. The first kappa shape index (κ1) is 18.3. The fourth-order valence-corrected chi connectivity index (χ4v) is 4.50. The molecule has 3 nitrogen and oxygen atoms in total. The Morgan fingerprint density at radius 3 is 1.89 bits per heavy atom. The Morgan fingerprint density at radius 2 is 1.41 bits per heavy atom. The van der Waals surface area contributed by atoms with Crippen molar-refractivity contribution in [1.82, 2.24) is 0 Å². The van der Waals surface area contributed by atoms with E-state index in [0.29, 0.717) is 5.95 Å². The van der Waals surface area contributed by atoms with E-state index in [-0.39, 0.29) is 17.2 Å². The fraction of sp³-hybridized carbons (Fsp3) is 0.391. The summed E-state index contributed by atoms with van der Waals surface area (Å²) in [7, 11) is -1.96. The fourth-order valence-electron chi connectivity index (χ4n) is 3.57. The number of fused-ring (bicyclic) bond motifs is 1. The maximum absolute atomic E-state index is 6.41. The molecule has 1 fully saturated rings. The summed E-state index contributed by atoms with van der Waals surface area (Å²) < 4.78 is 18.9. The maximum atomic E-state index is 6.41. The number of hydrogen-bond acceptors (Lipinski definition) is 3. The Hall–Kier alpha value is -2.04. The maximum Gasteiger partial charge on any atom is 0.264 e. The van der Waals surface area contributed by atoms with Gasteiger partial charge in [-0.1, -0.05) is 81.4 Å². The molecule has 1 saturated heterocycles. The van der Waals surface area contributed by atoms with Gasteiger partial charge in [0.2, 0.25) is 6.29 Å². The zero-order valence-corrected chi connectivity index (χ0v) is 17.7. The van der Waals surface area contributed by atoms with E-state index in [1.807, 2.05) is 12.1 Å². The molecule has 0 amide bonds. The minimum atomic E-state index is -1.96. The lowest BCUT2D eigenvalue weighted by molar-refractivity contribution is -0.310.